The Morgan fingerprint density at radius 1 is 1.03 bits per heavy atom. The van der Waals surface area contributed by atoms with Crippen LogP contribution in [0.1, 0.15) is 68.3 Å². The van der Waals surface area contributed by atoms with Crippen LogP contribution in [0.25, 0.3) is 11.0 Å². The third-order valence-electron chi connectivity index (χ3n) is 6.83. The summed E-state index contributed by atoms with van der Waals surface area (Å²) in [5.74, 6) is 2.55. The van der Waals surface area contributed by atoms with Gasteiger partial charge in [-0.1, -0.05) is 37.5 Å². The van der Waals surface area contributed by atoms with E-state index in [0.717, 1.165) is 75.3 Å². The normalized spacial score (nSPS) is 14.4. The Balaban J connectivity index is 1.27. The molecule has 1 aliphatic carbocycles. The van der Waals surface area contributed by atoms with Crippen molar-refractivity contribution in [1.29, 1.82) is 0 Å². The first-order chi connectivity index (χ1) is 16.6. The lowest BCUT2D eigenvalue weighted by Crippen LogP contribution is -2.32. The molecular formula is C29H39N3O2. The summed E-state index contributed by atoms with van der Waals surface area (Å²) in [7, 11) is 0. The zero-order chi connectivity index (χ0) is 23.8. The maximum atomic E-state index is 12.4. The van der Waals surface area contributed by atoms with Crippen molar-refractivity contribution in [3.8, 4) is 5.75 Å². The molecule has 0 aliphatic heterocycles. The molecule has 5 nitrogen and oxygen atoms in total. The highest BCUT2D eigenvalue weighted by Gasteiger charge is 2.20. The van der Waals surface area contributed by atoms with Gasteiger partial charge in [0, 0.05) is 25.4 Å². The van der Waals surface area contributed by atoms with Gasteiger partial charge < -0.3 is 14.6 Å². The SMILES string of the molecule is Cc1cc(C)cc(OCCCCn2c(CCCNC(=O)C3CCCCC3)nc3ccccc32)c1. The van der Waals surface area contributed by atoms with Gasteiger partial charge in [0.05, 0.1) is 17.6 Å². The molecule has 0 spiro atoms. The van der Waals surface area contributed by atoms with Crippen LogP contribution in [0.2, 0.25) is 0 Å². The molecule has 0 atom stereocenters. The van der Waals surface area contributed by atoms with Gasteiger partial charge in [0.25, 0.3) is 0 Å². The molecule has 1 amide bonds. The lowest BCUT2D eigenvalue weighted by atomic mass is 9.89. The zero-order valence-electron chi connectivity index (χ0n) is 20.8. The van der Waals surface area contributed by atoms with Gasteiger partial charge in [0.1, 0.15) is 11.6 Å². The van der Waals surface area contributed by atoms with Crippen LogP contribution in [0.3, 0.4) is 0 Å². The highest BCUT2D eigenvalue weighted by atomic mass is 16.5. The van der Waals surface area contributed by atoms with Gasteiger partial charge in [-0.3, -0.25) is 4.79 Å². The summed E-state index contributed by atoms with van der Waals surface area (Å²) in [6.07, 6.45) is 9.58. The summed E-state index contributed by atoms with van der Waals surface area (Å²) in [6, 6.07) is 14.7. The number of nitrogens with zero attached hydrogens (tertiary/aromatic N) is 2. The second-order valence-corrected chi connectivity index (χ2v) is 9.78. The van der Waals surface area contributed by atoms with E-state index in [4.69, 9.17) is 9.72 Å². The number of ether oxygens (including phenoxy) is 1. The molecule has 1 heterocycles. The summed E-state index contributed by atoms with van der Waals surface area (Å²) >= 11 is 0. The van der Waals surface area contributed by atoms with E-state index in [2.05, 4.69) is 60.1 Å². The Morgan fingerprint density at radius 3 is 2.59 bits per heavy atom. The second kappa shape index (κ2) is 12.0. The molecule has 0 bridgehead atoms. The number of hydrogen-bond donors (Lipinski definition) is 1. The number of benzene rings is 2. The van der Waals surface area contributed by atoms with Crippen LogP contribution in [-0.2, 0) is 17.8 Å². The van der Waals surface area contributed by atoms with Crippen LogP contribution >= 0.6 is 0 Å². The van der Waals surface area contributed by atoms with E-state index in [-0.39, 0.29) is 11.8 Å². The fourth-order valence-electron chi connectivity index (χ4n) is 5.11. The third-order valence-corrected chi connectivity index (χ3v) is 6.83. The van der Waals surface area contributed by atoms with Crippen molar-refractivity contribution >= 4 is 16.9 Å². The largest absolute Gasteiger partial charge is 0.494 e. The molecule has 1 N–H and O–H groups in total. The first-order valence-corrected chi connectivity index (χ1v) is 13.0. The van der Waals surface area contributed by atoms with E-state index >= 15 is 0 Å². The number of para-hydroxylation sites is 2. The summed E-state index contributed by atoms with van der Waals surface area (Å²) < 4.78 is 8.35. The van der Waals surface area contributed by atoms with Crippen LogP contribution in [0, 0.1) is 19.8 Å². The minimum absolute atomic E-state index is 0.226. The molecule has 182 valence electrons. The number of fused-ring (bicyclic) bond motifs is 1. The number of carbonyl (C=O) groups excluding carboxylic acids is 1. The number of unbranched alkanes of at least 4 members (excludes halogenated alkanes) is 1. The van der Waals surface area contributed by atoms with E-state index in [9.17, 15) is 4.79 Å². The highest BCUT2D eigenvalue weighted by Crippen LogP contribution is 2.24. The number of amides is 1. The monoisotopic (exact) mass is 461 g/mol. The van der Waals surface area contributed by atoms with Crippen molar-refractivity contribution in [3.05, 3.63) is 59.4 Å². The molecular weight excluding hydrogens is 422 g/mol. The number of imidazole rings is 1. The average molecular weight is 462 g/mol. The van der Waals surface area contributed by atoms with E-state index in [1.165, 1.54) is 35.9 Å². The van der Waals surface area contributed by atoms with Crippen LogP contribution in [0.5, 0.6) is 5.75 Å². The zero-order valence-corrected chi connectivity index (χ0v) is 20.8. The van der Waals surface area contributed by atoms with Crippen LogP contribution in [0.4, 0.5) is 0 Å². The number of aromatic nitrogens is 2. The number of aryl methyl sites for hydroxylation is 4. The fourth-order valence-corrected chi connectivity index (χ4v) is 5.11. The number of rotatable bonds is 11. The molecule has 34 heavy (non-hydrogen) atoms. The molecule has 0 saturated heterocycles. The molecule has 1 aliphatic rings. The lowest BCUT2D eigenvalue weighted by molar-refractivity contribution is -0.125. The van der Waals surface area contributed by atoms with E-state index in [0.29, 0.717) is 0 Å². The van der Waals surface area contributed by atoms with Crippen molar-refractivity contribution in [2.75, 3.05) is 13.2 Å². The maximum Gasteiger partial charge on any atom is 0.223 e. The first kappa shape index (κ1) is 24.3. The molecule has 0 unspecified atom stereocenters. The van der Waals surface area contributed by atoms with Crippen molar-refractivity contribution < 1.29 is 9.53 Å². The standard InChI is InChI=1S/C29H39N3O2/c1-22-19-23(2)21-25(20-22)34-18-9-8-17-32-27-14-7-6-13-26(27)31-28(32)15-10-16-30-29(33)24-11-4-3-5-12-24/h6-7,13-14,19-21,24H,3-5,8-12,15-18H2,1-2H3,(H,30,33). The Kier molecular flexibility index (Phi) is 8.62. The van der Waals surface area contributed by atoms with Gasteiger partial charge in [-0.25, -0.2) is 4.98 Å². The Morgan fingerprint density at radius 2 is 1.79 bits per heavy atom. The molecule has 2 aromatic carbocycles. The van der Waals surface area contributed by atoms with Crippen molar-refractivity contribution in [3.63, 3.8) is 0 Å². The van der Waals surface area contributed by atoms with E-state index < -0.39 is 0 Å². The van der Waals surface area contributed by atoms with Crippen molar-refractivity contribution in [2.45, 2.75) is 78.2 Å². The van der Waals surface area contributed by atoms with Crippen LogP contribution in [-0.4, -0.2) is 28.6 Å². The summed E-state index contributed by atoms with van der Waals surface area (Å²) in [4.78, 5) is 17.3. The van der Waals surface area contributed by atoms with Gasteiger partial charge in [-0.2, -0.15) is 0 Å². The number of hydrogen-bond acceptors (Lipinski definition) is 3. The molecule has 1 aromatic heterocycles. The number of nitrogens with one attached hydrogen (secondary N) is 1. The van der Waals surface area contributed by atoms with Gasteiger partial charge >= 0.3 is 0 Å². The van der Waals surface area contributed by atoms with Crippen molar-refractivity contribution in [2.24, 2.45) is 5.92 Å². The molecule has 1 fully saturated rings. The summed E-state index contributed by atoms with van der Waals surface area (Å²) in [6.45, 7) is 6.58. The minimum atomic E-state index is 0.226. The molecule has 3 aromatic rings. The predicted molar refractivity (Wildman–Crippen MR) is 138 cm³/mol. The highest BCUT2D eigenvalue weighted by molar-refractivity contribution is 5.78. The summed E-state index contributed by atoms with van der Waals surface area (Å²) in [5.41, 5.74) is 4.72. The smallest absolute Gasteiger partial charge is 0.223 e. The van der Waals surface area contributed by atoms with Gasteiger partial charge in [-0.05, 0) is 81.3 Å². The Bertz CT molecular complexity index is 1060. The average Bonchev–Trinajstić information content (AvgIpc) is 3.19. The van der Waals surface area contributed by atoms with E-state index in [1.807, 2.05) is 6.07 Å². The number of carbonyl (C=O) groups is 1. The maximum absolute atomic E-state index is 12.4. The molecule has 4 rings (SSSR count). The van der Waals surface area contributed by atoms with Gasteiger partial charge in [0.2, 0.25) is 5.91 Å². The summed E-state index contributed by atoms with van der Waals surface area (Å²) in [5, 5.41) is 3.17. The van der Waals surface area contributed by atoms with Crippen molar-refractivity contribution in [1.82, 2.24) is 14.9 Å². The predicted octanol–water partition coefficient (Wildman–Crippen LogP) is 6.14. The first-order valence-electron chi connectivity index (χ1n) is 13.0. The second-order valence-electron chi connectivity index (χ2n) is 9.78. The van der Waals surface area contributed by atoms with Gasteiger partial charge in [0.15, 0.2) is 0 Å². The van der Waals surface area contributed by atoms with Crippen LogP contribution in [0.15, 0.2) is 42.5 Å². The third kappa shape index (κ3) is 6.62. The van der Waals surface area contributed by atoms with Crippen LogP contribution < -0.4 is 10.1 Å². The molecule has 1 saturated carbocycles. The Labute approximate surface area is 203 Å². The quantitative estimate of drug-likeness (QED) is 0.349. The fraction of sp³-hybridized carbons (Fsp3) is 0.517. The lowest BCUT2D eigenvalue weighted by Gasteiger charge is -2.20. The molecule has 5 heteroatoms. The van der Waals surface area contributed by atoms with E-state index in [1.54, 1.807) is 0 Å². The topological polar surface area (TPSA) is 56.1 Å². The minimum Gasteiger partial charge on any atom is -0.494 e. The van der Waals surface area contributed by atoms with Gasteiger partial charge in [-0.15, -0.1) is 0 Å². The Hall–Kier alpha value is -2.82. The molecule has 0 radical (unpaired) electrons.